The number of piperazine rings is 1. The van der Waals surface area contributed by atoms with Crippen LogP contribution in [0.15, 0.2) is 41.2 Å². The highest BCUT2D eigenvalue weighted by molar-refractivity contribution is 5.94. The first-order chi connectivity index (χ1) is 17.0. The van der Waals surface area contributed by atoms with Crippen LogP contribution in [0.1, 0.15) is 48.0 Å². The number of fused-ring (bicyclic) bond motifs is 1. The number of nitrogens with zero attached hydrogens (tertiary/aromatic N) is 4. The molecule has 35 heavy (non-hydrogen) atoms. The average Bonchev–Trinajstić information content (AvgIpc) is 2.90. The number of hydrogen-bond donors (Lipinski definition) is 0. The van der Waals surface area contributed by atoms with Crippen LogP contribution in [0.5, 0.6) is 0 Å². The molecule has 5 rings (SSSR count). The van der Waals surface area contributed by atoms with Gasteiger partial charge in [-0.2, -0.15) is 0 Å². The first-order valence-corrected chi connectivity index (χ1v) is 12.4. The fourth-order valence-electron chi connectivity index (χ4n) is 5.32. The number of methoxy groups -OCH3 is 1. The number of esters is 1. The Labute approximate surface area is 204 Å². The minimum atomic E-state index is -0.485. The van der Waals surface area contributed by atoms with E-state index in [4.69, 9.17) is 9.72 Å². The lowest BCUT2D eigenvalue weighted by molar-refractivity contribution is 0.0601. The van der Waals surface area contributed by atoms with Gasteiger partial charge in [0.25, 0.3) is 5.56 Å². The second-order valence-electron chi connectivity index (χ2n) is 9.52. The van der Waals surface area contributed by atoms with Gasteiger partial charge in [-0.1, -0.05) is 25.3 Å². The van der Waals surface area contributed by atoms with E-state index in [1.165, 1.54) is 49.8 Å². The zero-order valence-electron chi connectivity index (χ0n) is 20.3. The van der Waals surface area contributed by atoms with Crippen LogP contribution in [0.4, 0.5) is 10.3 Å². The van der Waals surface area contributed by atoms with Gasteiger partial charge in [-0.25, -0.2) is 18.7 Å². The van der Waals surface area contributed by atoms with Crippen LogP contribution < -0.4 is 10.5 Å². The number of anilines is 1. The quantitative estimate of drug-likeness (QED) is 0.527. The van der Waals surface area contributed by atoms with Gasteiger partial charge in [0.2, 0.25) is 5.95 Å². The Morgan fingerprint density at radius 1 is 1.03 bits per heavy atom. The van der Waals surface area contributed by atoms with Gasteiger partial charge in [-0.3, -0.25) is 9.69 Å². The number of benzene rings is 2. The van der Waals surface area contributed by atoms with Crippen molar-refractivity contribution >= 4 is 22.8 Å². The largest absolute Gasteiger partial charge is 0.465 e. The number of rotatable bonds is 4. The van der Waals surface area contributed by atoms with Gasteiger partial charge in [0.05, 0.1) is 29.3 Å². The van der Waals surface area contributed by atoms with Crippen molar-refractivity contribution in [3.8, 4) is 5.69 Å². The normalized spacial score (nSPS) is 17.6. The van der Waals surface area contributed by atoms with Crippen molar-refractivity contribution in [3.63, 3.8) is 0 Å². The lowest BCUT2D eigenvalue weighted by Gasteiger charge is -2.41. The second-order valence-corrected chi connectivity index (χ2v) is 9.52. The highest BCUT2D eigenvalue weighted by Crippen LogP contribution is 2.26. The third-order valence-corrected chi connectivity index (χ3v) is 7.37. The third kappa shape index (κ3) is 4.55. The molecule has 2 aromatic carbocycles. The molecule has 1 saturated heterocycles. The van der Waals surface area contributed by atoms with Crippen LogP contribution in [0.2, 0.25) is 0 Å². The first kappa shape index (κ1) is 23.5. The van der Waals surface area contributed by atoms with Gasteiger partial charge < -0.3 is 9.64 Å². The molecule has 184 valence electrons. The summed E-state index contributed by atoms with van der Waals surface area (Å²) in [6, 6.07) is 10.2. The monoisotopic (exact) mass is 478 g/mol. The van der Waals surface area contributed by atoms with E-state index >= 15 is 0 Å². The number of ether oxygens (including phenoxy) is 1. The standard InChI is InChI=1S/C27H31FN4O3/c1-18-8-10-21(17-23(18)28)32-25(33)22-11-9-19(26(34)35-2)16-24(22)29-27(32)31-14-12-30(13-15-31)20-6-4-3-5-7-20/h8-11,16-17,20H,3-7,12-15H2,1-2H3. The molecular weight excluding hydrogens is 447 g/mol. The second kappa shape index (κ2) is 9.77. The van der Waals surface area contributed by atoms with Crippen LogP contribution in [0.25, 0.3) is 16.6 Å². The molecule has 1 saturated carbocycles. The van der Waals surface area contributed by atoms with Gasteiger partial charge in [-0.05, 0) is 55.7 Å². The third-order valence-electron chi connectivity index (χ3n) is 7.37. The maximum atomic E-state index is 14.5. The molecule has 7 nitrogen and oxygen atoms in total. The highest BCUT2D eigenvalue weighted by atomic mass is 19.1. The zero-order valence-corrected chi connectivity index (χ0v) is 20.3. The van der Waals surface area contributed by atoms with Crippen LogP contribution in [0.3, 0.4) is 0 Å². The molecule has 0 N–H and O–H groups in total. The predicted octanol–water partition coefficient (Wildman–Crippen LogP) is 4.07. The molecule has 1 aromatic heterocycles. The Balaban J connectivity index is 1.57. The topological polar surface area (TPSA) is 67.7 Å². The summed E-state index contributed by atoms with van der Waals surface area (Å²) in [4.78, 5) is 35.3. The molecule has 1 aliphatic carbocycles. The van der Waals surface area contributed by atoms with E-state index in [0.717, 1.165) is 26.2 Å². The molecular formula is C27H31FN4O3. The van der Waals surface area contributed by atoms with Gasteiger partial charge >= 0.3 is 5.97 Å². The molecule has 0 bridgehead atoms. The molecule has 2 aliphatic rings. The Hall–Kier alpha value is -3.26. The number of aryl methyl sites for hydroxylation is 1. The van der Waals surface area contributed by atoms with Crippen molar-refractivity contribution in [2.75, 3.05) is 38.2 Å². The molecule has 0 radical (unpaired) electrons. The fourth-order valence-corrected chi connectivity index (χ4v) is 5.32. The molecule has 0 atom stereocenters. The van der Waals surface area contributed by atoms with Crippen molar-refractivity contribution in [1.82, 2.24) is 14.5 Å². The lowest BCUT2D eigenvalue weighted by Crippen LogP contribution is -2.52. The van der Waals surface area contributed by atoms with E-state index in [1.807, 2.05) is 0 Å². The summed E-state index contributed by atoms with van der Waals surface area (Å²) >= 11 is 0. The van der Waals surface area contributed by atoms with E-state index < -0.39 is 5.97 Å². The number of hydrogen-bond acceptors (Lipinski definition) is 6. The molecule has 2 heterocycles. The van der Waals surface area contributed by atoms with Gasteiger partial charge in [0.1, 0.15) is 5.82 Å². The number of carbonyl (C=O) groups excluding carboxylic acids is 1. The number of aromatic nitrogens is 2. The van der Waals surface area contributed by atoms with Crippen LogP contribution in [-0.2, 0) is 4.74 Å². The minimum absolute atomic E-state index is 0.292. The van der Waals surface area contributed by atoms with Gasteiger partial charge in [-0.15, -0.1) is 0 Å². The molecule has 3 aromatic rings. The summed E-state index contributed by atoms with van der Waals surface area (Å²) in [5, 5.41) is 0.364. The van der Waals surface area contributed by atoms with Crippen molar-refractivity contribution in [1.29, 1.82) is 0 Å². The molecule has 0 unspecified atom stereocenters. The summed E-state index contributed by atoms with van der Waals surface area (Å²) in [7, 11) is 1.32. The smallest absolute Gasteiger partial charge is 0.337 e. The average molecular weight is 479 g/mol. The maximum absolute atomic E-state index is 14.5. The van der Waals surface area contributed by atoms with Crippen molar-refractivity contribution < 1.29 is 13.9 Å². The number of carbonyl (C=O) groups is 1. The Morgan fingerprint density at radius 3 is 2.46 bits per heavy atom. The van der Waals surface area contributed by atoms with E-state index in [2.05, 4.69) is 9.80 Å². The molecule has 8 heteroatoms. The summed E-state index contributed by atoms with van der Waals surface area (Å²) in [5.41, 5.74) is 1.42. The Morgan fingerprint density at radius 2 is 1.77 bits per heavy atom. The molecule has 2 fully saturated rings. The molecule has 0 amide bonds. The van der Waals surface area contributed by atoms with Crippen LogP contribution in [0, 0.1) is 12.7 Å². The first-order valence-electron chi connectivity index (χ1n) is 12.4. The van der Waals surface area contributed by atoms with Gasteiger partial charge in [0, 0.05) is 32.2 Å². The van der Waals surface area contributed by atoms with E-state index in [1.54, 1.807) is 37.3 Å². The minimum Gasteiger partial charge on any atom is -0.465 e. The summed E-state index contributed by atoms with van der Waals surface area (Å²) < 4.78 is 20.9. The van der Waals surface area contributed by atoms with Crippen molar-refractivity contribution in [2.45, 2.75) is 45.1 Å². The summed E-state index contributed by atoms with van der Waals surface area (Å²) in [6.07, 6.45) is 6.40. The van der Waals surface area contributed by atoms with Crippen LogP contribution >= 0.6 is 0 Å². The van der Waals surface area contributed by atoms with E-state index in [-0.39, 0.29) is 11.4 Å². The van der Waals surface area contributed by atoms with Crippen molar-refractivity contribution in [2.24, 2.45) is 0 Å². The van der Waals surface area contributed by atoms with Gasteiger partial charge in [0.15, 0.2) is 0 Å². The van der Waals surface area contributed by atoms with E-state index in [0.29, 0.717) is 39.7 Å². The molecule has 0 spiro atoms. The zero-order chi connectivity index (χ0) is 24.5. The fraction of sp³-hybridized carbons (Fsp3) is 0.444. The van der Waals surface area contributed by atoms with Crippen molar-refractivity contribution in [3.05, 3.63) is 63.7 Å². The highest BCUT2D eigenvalue weighted by Gasteiger charge is 2.28. The van der Waals surface area contributed by atoms with E-state index in [9.17, 15) is 14.0 Å². The number of halogens is 1. The Bertz CT molecular complexity index is 1310. The SMILES string of the molecule is COC(=O)c1ccc2c(=O)n(-c3ccc(C)c(F)c3)c(N3CCN(C4CCCCC4)CC3)nc2c1. The molecule has 1 aliphatic heterocycles. The van der Waals surface area contributed by atoms with Crippen LogP contribution in [-0.4, -0.2) is 59.8 Å². The summed E-state index contributed by atoms with van der Waals surface area (Å²) in [6.45, 7) is 4.92. The predicted molar refractivity (Wildman–Crippen MR) is 134 cm³/mol. The maximum Gasteiger partial charge on any atom is 0.337 e. The Kier molecular flexibility index (Phi) is 6.56. The summed E-state index contributed by atoms with van der Waals surface area (Å²) in [5.74, 6) is -0.388. The lowest BCUT2D eigenvalue weighted by atomic mass is 9.94.